The van der Waals surface area contributed by atoms with E-state index < -0.39 is 12.0 Å². The van der Waals surface area contributed by atoms with Gasteiger partial charge in [0.2, 0.25) is 5.91 Å². The lowest BCUT2D eigenvalue weighted by Crippen LogP contribution is -2.42. The van der Waals surface area contributed by atoms with Gasteiger partial charge in [-0.25, -0.2) is 9.79 Å². The zero-order valence-corrected chi connectivity index (χ0v) is 21.7. The summed E-state index contributed by atoms with van der Waals surface area (Å²) >= 11 is 6.32. The van der Waals surface area contributed by atoms with Crippen molar-refractivity contribution in [1.29, 1.82) is 0 Å². The predicted molar refractivity (Wildman–Crippen MR) is 147 cm³/mol. The molecule has 3 aromatic rings. The van der Waals surface area contributed by atoms with Gasteiger partial charge >= 0.3 is 5.97 Å². The van der Waals surface area contributed by atoms with Crippen LogP contribution in [0.15, 0.2) is 101 Å². The maximum atomic E-state index is 12.8. The standard InChI is InChI=1S/C30H30ClN3O3/c1-21-27(30(36)37)28(24-15-9-16-25(31)20-24)34(29(32-21)23-13-7-4-8-14-23)18-10-17-33(2)26(35)19-22-11-5-3-6-12-22/h3-9,11-16,20,28H,10,17-19H2,1-2H3,(H,36,37). The van der Waals surface area contributed by atoms with Gasteiger partial charge in [0.25, 0.3) is 0 Å². The predicted octanol–water partition coefficient (Wildman–Crippen LogP) is 5.59. The van der Waals surface area contributed by atoms with E-state index in [9.17, 15) is 14.7 Å². The summed E-state index contributed by atoms with van der Waals surface area (Å²) in [5, 5.41) is 10.7. The van der Waals surface area contributed by atoms with E-state index >= 15 is 0 Å². The monoisotopic (exact) mass is 515 g/mol. The number of carbonyl (C=O) groups excluding carboxylic acids is 1. The molecule has 1 unspecified atom stereocenters. The van der Waals surface area contributed by atoms with E-state index in [1.54, 1.807) is 31.0 Å². The topological polar surface area (TPSA) is 73.2 Å². The fraction of sp³-hybridized carbons (Fsp3) is 0.233. The van der Waals surface area contributed by atoms with Crippen LogP contribution in [-0.2, 0) is 16.0 Å². The summed E-state index contributed by atoms with van der Waals surface area (Å²) in [4.78, 5) is 33.7. The first-order valence-electron chi connectivity index (χ1n) is 12.2. The van der Waals surface area contributed by atoms with Crippen molar-refractivity contribution in [2.75, 3.05) is 20.1 Å². The second kappa shape index (κ2) is 11.9. The summed E-state index contributed by atoms with van der Waals surface area (Å²) < 4.78 is 0. The third-order valence-electron chi connectivity index (χ3n) is 6.46. The molecule has 0 fully saturated rings. The van der Waals surface area contributed by atoms with Gasteiger partial charge in [-0.05, 0) is 36.6 Å². The highest BCUT2D eigenvalue weighted by molar-refractivity contribution is 6.30. The molecule has 0 saturated carbocycles. The SMILES string of the molecule is CC1=C(C(=O)O)C(c2cccc(Cl)c2)N(CCCN(C)C(=O)Cc2ccccc2)C(c2ccccc2)=N1. The number of likely N-dealkylation sites (N-methyl/N-ethyl adjacent to an activating group) is 1. The Labute approximate surface area is 222 Å². The lowest BCUT2D eigenvalue weighted by Gasteiger charge is -2.39. The third-order valence-corrected chi connectivity index (χ3v) is 6.70. The van der Waals surface area contributed by atoms with Crippen LogP contribution in [0.25, 0.3) is 0 Å². The Bertz CT molecular complexity index is 1320. The Morgan fingerprint density at radius 1 is 1.00 bits per heavy atom. The number of hydrogen-bond donors (Lipinski definition) is 1. The summed E-state index contributed by atoms with van der Waals surface area (Å²) in [7, 11) is 1.80. The molecule has 1 aliphatic rings. The second-order valence-corrected chi connectivity index (χ2v) is 9.52. The average molecular weight is 516 g/mol. The number of carboxylic acids is 1. The van der Waals surface area contributed by atoms with Crippen molar-refractivity contribution < 1.29 is 14.7 Å². The van der Waals surface area contributed by atoms with Gasteiger partial charge in [-0.3, -0.25) is 4.79 Å². The van der Waals surface area contributed by atoms with Crippen LogP contribution in [0, 0.1) is 0 Å². The van der Waals surface area contributed by atoms with Crippen LogP contribution >= 0.6 is 11.6 Å². The number of allylic oxidation sites excluding steroid dienone is 1. The number of hydrogen-bond acceptors (Lipinski definition) is 4. The number of nitrogens with zero attached hydrogens (tertiary/aromatic N) is 3. The van der Waals surface area contributed by atoms with E-state index in [4.69, 9.17) is 16.6 Å². The van der Waals surface area contributed by atoms with Crippen LogP contribution in [0.2, 0.25) is 5.02 Å². The second-order valence-electron chi connectivity index (χ2n) is 9.09. The molecule has 1 atom stereocenters. The van der Waals surface area contributed by atoms with Crippen LogP contribution in [0.3, 0.4) is 0 Å². The van der Waals surface area contributed by atoms with Gasteiger partial charge in [0.1, 0.15) is 5.84 Å². The lowest BCUT2D eigenvalue weighted by molar-refractivity contribution is -0.133. The number of carboxylic acid groups (broad SMARTS) is 1. The van der Waals surface area contributed by atoms with Crippen molar-refractivity contribution in [3.05, 3.63) is 118 Å². The van der Waals surface area contributed by atoms with E-state index in [0.717, 1.165) is 16.7 Å². The largest absolute Gasteiger partial charge is 0.478 e. The number of carbonyl (C=O) groups is 2. The van der Waals surface area contributed by atoms with Crippen molar-refractivity contribution >= 4 is 29.3 Å². The average Bonchev–Trinajstić information content (AvgIpc) is 2.89. The molecule has 3 aromatic carbocycles. The van der Waals surface area contributed by atoms with Gasteiger partial charge in [-0.2, -0.15) is 0 Å². The zero-order valence-electron chi connectivity index (χ0n) is 21.0. The van der Waals surface area contributed by atoms with E-state index in [-0.39, 0.29) is 11.5 Å². The minimum Gasteiger partial charge on any atom is -0.478 e. The molecular weight excluding hydrogens is 486 g/mol. The first-order chi connectivity index (χ1) is 17.8. The molecular formula is C30H30ClN3O3. The fourth-order valence-electron chi connectivity index (χ4n) is 4.62. The highest BCUT2D eigenvalue weighted by atomic mass is 35.5. The van der Waals surface area contributed by atoms with Gasteiger partial charge in [-0.15, -0.1) is 0 Å². The Balaban J connectivity index is 1.61. The summed E-state index contributed by atoms with van der Waals surface area (Å²) in [5.74, 6) is -0.278. The molecule has 190 valence electrons. The number of halogens is 1. The summed E-state index contributed by atoms with van der Waals surface area (Å²) in [6.07, 6.45) is 0.972. The van der Waals surface area contributed by atoms with Crippen LogP contribution < -0.4 is 0 Å². The summed E-state index contributed by atoms with van der Waals surface area (Å²) in [5.41, 5.74) is 3.33. The van der Waals surface area contributed by atoms with E-state index in [0.29, 0.717) is 42.5 Å². The van der Waals surface area contributed by atoms with Crippen molar-refractivity contribution in [3.63, 3.8) is 0 Å². The zero-order chi connectivity index (χ0) is 26.4. The van der Waals surface area contributed by atoms with Gasteiger partial charge in [0.15, 0.2) is 0 Å². The summed E-state index contributed by atoms with van der Waals surface area (Å²) in [6.45, 7) is 2.76. The molecule has 0 bridgehead atoms. The normalized spacial score (nSPS) is 15.4. The molecule has 6 nitrogen and oxygen atoms in total. The molecule has 1 heterocycles. The fourth-order valence-corrected chi connectivity index (χ4v) is 4.81. The van der Waals surface area contributed by atoms with Crippen LogP contribution in [0.5, 0.6) is 0 Å². The smallest absolute Gasteiger partial charge is 0.335 e. The first kappa shape index (κ1) is 26.2. The van der Waals surface area contributed by atoms with Gasteiger partial charge in [-0.1, -0.05) is 84.4 Å². The summed E-state index contributed by atoms with van der Waals surface area (Å²) in [6, 6.07) is 26.1. The first-order valence-corrected chi connectivity index (χ1v) is 12.6. The van der Waals surface area contributed by atoms with Crippen LogP contribution in [-0.4, -0.2) is 52.8 Å². The molecule has 0 radical (unpaired) electrons. The maximum absolute atomic E-state index is 12.8. The quantitative estimate of drug-likeness (QED) is 0.403. The minimum absolute atomic E-state index is 0.0372. The molecule has 4 rings (SSSR count). The van der Waals surface area contributed by atoms with Gasteiger partial charge < -0.3 is 14.9 Å². The molecule has 1 N–H and O–H groups in total. The van der Waals surface area contributed by atoms with Crippen molar-refractivity contribution in [3.8, 4) is 0 Å². The Morgan fingerprint density at radius 3 is 2.32 bits per heavy atom. The molecule has 7 heteroatoms. The highest BCUT2D eigenvalue weighted by Crippen LogP contribution is 2.37. The van der Waals surface area contributed by atoms with E-state index in [2.05, 4.69) is 0 Å². The Kier molecular flexibility index (Phi) is 8.41. The highest BCUT2D eigenvalue weighted by Gasteiger charge is 2.36. The number of benzene rings is 3. The lowest BCUT2D eigenvalue weighted by atomic mass is 9.92. The van der Waals surface area contributed by atoms with Crippen LogP contribution in [0.1, 0.15) is 36.1 Å². The number of amides is 1. The van der Waals surface area contributed by atoms with Gasteiger partial charge in [0.05, 0.1) is 23.7 Å². The van der Waals surface area contributed by atoms with E-state index in [1.807, 2.05) is 77.7 Å². The molecule has 0 spiro atoms. The minimum atomic E-state index is -1.02. The van der Waals surface area contributed by atoms with Crippen molar-refractivity contribution in [2.24, 2.45) is 4.99 Å². The maximum Gasteiger partial charge on any atom is 0.335 e. The molecule has 1 aliphatic heterocycles. The van der Waals surface area contributed by atoms with Crippen molar-refractivity contribution in [2.45, 2.75) is 25.8 Å². The molecule has 37 heavy (non-hydrogen) atoms. The number of rotatable bonds is 9. The van der Waals surface area contributed by atoms with E-state index in [1.165, 1.54) is 0 Å². The number of amidine groups is 1. The van der Waals surface area contributed by atoms with Gasteiger partial charge in [0, 0.05) is 30.7 Å². The Morgan fingerprint density at radius 2 is 1.68 bits per heavy atom. The number of aliphatic imine (C=N–C) groups is 1. The van der Waals surface area contributed by atoms with Crippen molar-refractivity contribution in [1.82, 2.24) is 9.80 Å². The third kappa shape index (κ3) is 6.27. The Hall–Kier alpha value is -3.90. The molecule has 1 amide bonds. The van der Waals surface area contributed by atoms with Crippen LogP contribution in [0.4, 0.5) is 0 Å². The molecule has 0 aliphatic carbocycles. The molecule has 0 saturated heterocycles. The number of aliphatic carboxylic acids is 1. The molecule has 0 aromatic heterocycles.